The lowest BCUT2D eigenvalue weighted by Crippen LogP contribution is -2.55. The number of rotatable bonds is 8. The number of aliphatic hydroxyl groups is 1. The summed E-state index contributed by atoms with van der Waals surface area (Å²) in [6.07, 6.45) is 2.15. The summed E-state index contributed by atoms with van der Waals surface area (Å²) >= 11 is 0. The molecule has 1 aliphatic rings. The molecule has 5 nitrogen and oxygen atoms in total. The van der Waals surface area contributed by atoms with Crippen LogP contribution in [-0.2, 0) is 16.0 Å². The minimum Gasteiger partial charge on any atom is -0.394 e. The van der Waals surface area contributed by atoms with Crippen LogP contribution >= 0.6 is 0 Å². The Balaban J connectivity index is 1.63. The third-order valence-corrected chi connectivity index (χ3v) is 5.20. The Morgan fingerprint density at radius 1 is 1.04 bits per heavy atom. The first-order valence-corrected chi connectivity index (χ1v) is 9.53. The maximum absolute atomic E-state index is 12.6. The summed E-state index contributed by atoms with van der Waals surface area (Å²) in [5.74, 6) is -0.0703. The average Bonchev–Trinajstić information content (AvgIpc) is 2.74. The Morgan fingerprint density at radius 3 is 2.30 bits per heavy atom. The van der Waals surface area contributed by atoms with Crippen LogP contribution in [0.4, 0.5) is 0 Å². The van der Waals surface area contributed by atoms with Gasteiger partial charge in [0.25, 0.3) is 0 Å². The van der Waals surface area contributed by atoms with Crippen molar-refractivity contribution in [3.63, 3.8) is 0 Å². The molecule has 0 aliphatic carbocycles. The molecule has 0 radical (unpaired) electrons. The Kier molecular flexibility index (Phi) is 6.98. The first kappa shape index (κ1) is 19.5. The van der Waals surface area contributed by atoms with Gasteiger partial charge in [0.1, 0.15) is 0 Å². The van der Waals surface area contributed by atoms with Crippen molar-refractivity contribution in [2.45, 2.75) is 30.8 Å². The summed E-state index contributed by atoms with van der Waals surface area (Å²) in [4.78, 5) is 12.6. The van der Waals surface area contributed by atoms with Crippen molar-refractivity contribution >= 4 is 5.91 Å². The van der Waals surface area contributed by atoms with E-state index in [1.807, 2.05) is 48.5 Å². The van der Waals surface area contributed by atoms with Crippen LogP contribution in [-0.4, -0.2) is 42.9 Å². The van der Waals surface area contributed by atoms with Crippen molar-refractivity contribution in [3.8, 4) is 0 Å². The van der Waals surface area contributed by atoms with Crippen LogP contribution in [0, 0.1) is 0 Å². The van der Waals surface area contributed by atoms with Crippen molar-refractivity contribution < 1.29 is 14.6 Å². The molecule has 1 amide bonds. The molecule has 0 bridgehead atoms. The molecule has 3 rings (SSSR count). The van der Waals surface area contributed by atoms with Gasteiger partial charge >= 0.3 is 0 Å². The minimum atomic E-state index is -0.419. The second-order valence-corrected chi connectivity index (χ2v) is 7.12. The molecule has 0 saturated carbocycles. The van der Waals surface area contributed by atoms with Gasteiger partial charge in [-0.25, -0.2) is 0 Å². The molecule has 1 atom stereocenters. The smallest absolute Gasteiger partial charge is 0.234 e. The molecule has 2 aromatic rings. The van der Waals surface area contributed by atoms with E-state index in [0.29, 0.717) is 26.1 Å². The molecule has 144 valence electrons. The summed E-state index contributed by atoms with van der Waals surface area (Å²) in [7, 11) is 0. The lowest BCUT2D eigenvalue weighted by atomic mass is 9.91. The quantitative estimate of drug-likeness (QED) is 0.668. The third kappa shape index (κ3) is 5.63. The van der Waals surface area contributed by atoms with Crippen molar-refractivity contribution in [2.24, 2.45) is 0 Å². The van der Waals surface area contributed by atoms with Crippen molar-refractivity contribution in [3.05, 3.63) is 71.8 Å². The monoisotopic (exact) mass is 368 g/mol. The van der Waals surface area contributed by atoms with E-state index in [4.69, 9.17) is 4.74 Å². The Morgan fingerprint density at radius 2 is 1.67 bits per heavy atom. The SMILES string of the molecule is O=C(CNC1(CO)CCOCC1)N[C@H](Cc1ccccc1)c1ccccc1. The number of benzene rings is 2. The van der Waals surface area contributed by atoms with Gasteiger partial charge in [0.15, 0.2) is 0 Å². The molecule has 27 heavy (non-hydrogen) atoms. The Hall–Kier alpha value is -2.21. The van der Waals surface area contributed by atoms with Gasteiger partial charge in [-0.2, -0.15) is 0 Å². The van der Waals surface area contributed by atoms with Crippen LogP contribution in [0.25, 0.3) is 0 Å². The van der Waals surface area contributed by atoms with Crippen molar-refractivity contribution in [1.82, 2.24) is 10.6 Å². The van der Waals surface area contributed by atoms with Gasteiger partial charge in [-0.15, -0.1) is 0 Å². The van der Waals surface area contributed by atoms with Gasteiger partial charge in [0, 0.05) is 18.8 Å². The van der Waals surface area contributed by atoms with E-state index in [-0.39, 0.29) is 25.1 Å². The molecular formula is C22H28N2O3. The second-order valence-electron chi connectivity index (χ2n) is 7.12. The van der Waals surface area contributed by atoms with Crippen LogP contribution in [0.15, 0.2) is 60.7 Å². The van der Waals surface area contributed by atoms with Crippen LogP contribution in [0.1, 0.15) is 30.0 Å². The zero-order valence-corrected chi connectivity index (χ0v) is 15.6. The Bertz CT molecular complexity index is 700. The highest BCUT2D eigenvalue weighted by molar-refractivity contribution is 5.78. The van der Waals surface area contributed by atoms with E-state index in [0.717, 1.165) is 12.0 Å². The molecule has 1 aliphatic heterocycles. The average molecular weight is 368 g/mol. The molecule has 1 saturated heterocycles. The van der Waals surface area contributed by atoms with Gasteiger partial charge in [-0.1, -0.05) is 60.7 Å². The standard InChI is InChI=1S/C22H28N2O3/c25-17-22(11-13-27-14-12-22)23-16-21(26)24-20(19-9-5-2-6-10-19)15-18-7-3-1-4-8-18/h1-10,20,23,25H,11-17H2,(H,24,26)/t20-/m1/s1. The first-order valence-electron chi connectivity index (χ1n) is 9.53. The molecule has 0 aromatic heterocycles. The highest BCUT2D eigenvalue weighted by atomic mass is 16.5. The maximum Gasteiger partial charge on any atom is 0.234 e. The number of ether oxygens (including phenoxy) is 1. The third-order valence-electron chi connectivity index (χ3n) is 5.20. The normalized spacial score (nSPS) is 17.2. The summed E-state index contributed by atoms with van der Waals surface area (Å²) in [5.41, 5.74) is 1.84. The molecular weight excluding hydrogens is 340 g/mol. The summed E-state index contributed by atoms with van der Waals surface area (Å²) in [6, 6.07) is 20.1. The van der Waals surface area contributed by atoms with E-state index in [2.05, 4.69) is 22.8 Å². The predicted octanol–water partition coefficient (Wildman–Crippen LogP) is 2.22. The summed E-state index contributed by atoms with van der Waals surface area (Å²) in [5, 5.41) is 16.2. The fraction of sp³-hybridized carbons (Fsp3) is 0.409. The number of carbonyl (C=O) groups excluding carboxylic acids is 1. The van der Waals surface area contributed by atoms with E-state index in [1.165, 1.54) is 5.56 Å². The Labute approximate surface area is 160 Å². The lowest BCUT2D eigenvalue weighted by molar-refractivity contribution is -0.121. The molecule has 5 heteroatoms. The lowest BCUT2D eigenvalue weighted by Gasteiger charge is -2.36. The van der Waals surface area contributed by atoms with Gasteiger partial charge in [0.2, 0.25) is 5.91 Å². The molecule has 3 N–H and O–H groups in total. The first-order chi connectivity index (χ1) is 13.2. The predicted molar refractivity (Wildman–Crippen MR) is 105 cm³/mol. The van der Waals surface area contributed by atoms with E-state index in [9.17, 15) is 9.90 Å². The van der Waals surface area contributed by atoms with Gasteiger partial charge in [0.05, 0.1) is 19.2 Å². The van der Waals surface area contributed by atoms with Crippen molar-refractivity contribution in [2.75, 3.05) is 26.4 Å². The molecule has 1 heterocycles. The van der Waals surface area contributed by atoms with Gasteiger partial charge in [-0.05, 0) is 30.4 Å². The zero-order chi connectivity index (χ0) is 19.0. The zero-order valence-electron chi connectivity index (χ0n) is 15.6. The fourth-order valence-electron chi connectivity index (χ4n) is 3.45. The fourth-order valence-corrected chi connectivity index (χ4v) is 3.45. The topological polar surface area (TPSA) is 70.6 Å². The summed E-state index contributed by atoms with van der Waals surface area (Å²) < 4.78 is 5.37. The highest BCUT2D eigenvalue weighted by Crippen LogP contribution is 2.20. The number of amides is 1. The maximum atomic E-state index is 12.6. The molecule has 0 unspecified atom stereocenters. The largest absolute Gasteiger partial charge is 0.394 e. The number of nitrogens with one attached hydrogen (secondary N) is 2. The van der Waals surface area contributed by atoms with Crippen LogP contribution in [0.3, 0.4) is 0 Å². The summed E-state index contributed by atoms with van der Waals surface area (Å²) in [6.45, 7) is 1.40. The van der Waals surface area contributed by atoms with E-state index < -0.39 is 5.54 Å². The number of aliphatic hydroxyl groups excluding tert-OH is 1. The molecule has 1 fully saturated rings. The van der Waals surface area contributed by atoms with Gasteiger partial charge < -0.3 is 20.5 Å². The number of carbonyl (C=O) groups is 1. The number of hydrogen-bond acceptors (Lipinski definition) is 4. The molecule has 0 spiro atoms. The van der Waals surface area contributed by atoms with Crippen LogP contribution < -0.4 is 10.6 Å². The van der Waals surface area contributed by atoms with Crippen LogP contribution in [0.5, 0.6) is 0 Å². The van der Waals surface area contributed by atoms with E-state index in [1.54, 1.807) is 0 Å². The molecule has 2 aromatic carbocycles. The second kappa shape index (κ2) is 9.65. The number of hydrogen-bond donors (Lipinski definition) is 3. The van der Waals surface area contributed by atoms with Crippen LogP contribution in [0.2, 0.25) is 0 Å². The highest BCUT2D eigenvalue weighted by Gasteiger charge is 2.32. The van der Waals surface area contributed by atoms with Gasteiger partial charge in [-0.3, -0.25) is 4.79 Å². The van der Waals surface area contributed by atoms with E-state index >= 15 is 0 Å². The minimum absolute atomic E-state index is 0.00969. The van der Waals surface area contributed by atoms with Crippen molar-refractivity contribution in [1.29, 1.82) is 0 Å².